The molecular weight excluding hydrogens is 273 g/mol. The lowest BCUT2D eigenvalue weighted by Gasteiger charge is -1.97. The fourth-order valence-corrected chi connectivity index (χ4v) is 1.88. The molecule has 0 spiro atoms. The number of H-pyrrole nitrogens is 1. The number of aromatic nitrogens is 4. The van der Waals surface area contributed by atoms with Gasteiger partial charge in [0.05, 0.1) is 6.20 Å². The van der Waals surface area contributed by atoms with Crippen LogP contribution in [0, 0.1) is 10.7 Å². The van der Waals surface area contributed by atoms with Crippen molar-refractivity contribution in [2.24, 2.45) is 5.18 Å². The van der Waals surface area contributed by atoms with E-state index in [1.807, 2.05) is 0 Å². The average molecular weight is 279 g/mol. The van der Waals surface area contributed by atoms with E-state index in [1.54, 1.807) is 16.7 Å². The first-order valence-corrected chi connectivity index (χ1v) is 5.61. The number of hydrogen-bond acceptors (Lipinski definition) is 4. The molecule has 0 aromatic carbocycles. The molecule has 3 aromatic heterocycles. The maximum Gasteiger partial charge on any atom is 0.284 e. The van der Waals surface area contributed by atoms with Gasteiger partial charge in [0, 0.05) is 6.07 Å². The van der Waals surface area contributed by atoms with E-state index >= 15 is 0 Å². The summed E-state index contributed by atoms with van der Waals surface area (Å²) in [6, 6.07) is 2.92. The predicted octanol–water partition coefficient (Wildman–Crippen LogP) is 2.40. The van der Waals surface area contributed by atoms with Crippen LogP contribution in [0.1, 0.15) is 0 Å². The van der Waals surface area contributed by atoms with E-state index in [2.05, 4.69) is 20.1 Å². The molecule has 6 nitrogen and oxygen atoms in total. The van der Waals surface area contributed by atoms with Gasteiger partial charge in [-0.15, -0.1) is 4.91 Å². The zero-order valence-electron chi connectivity index (χ0n) is 9.34. The average Bonchev–Trinajstić information content (AvgIpc) is 2.81. The van der Waals surface area contributed by atoms with Crippen molar-refractivity contribution in [3.05, 3.63) is 46.6 Å². The van der Waals surface area contributed by atoms with E-state index in [4.69, 9.17) is 11.6 Å². The molecule has 3 rings (SSSR count). The molecule has 0 saturated carbocycles. The number of nitrogens with zero attached hydrogens (tertiary/aromatic N) is 4. The highest BCUT2D eigenvalue weighted by molar-refractivity contribution is 6.31. The summed E-state index contributed by atoms with van der Waals surface area (Å²) in [5, 5.41) is 2.64. The van der Waals surface area contributed by atoms with Crippen molar-refractivity contribution in [1.82, 2.24) is 15.0 Å². The van der Waals surface area contributed by atoms with E-state index in [-0.39, 0.29) is 16.7 Å². The summed E-state index contributed by atoms with van der Waals surface area (Å²) in [5.74, 6) is -0.130. The van der Waals surface area contributed by atoms with Crippen molar-refractivity contribution in [2.45, 2.75) is 0 Å². The number of imidazole rings is 1. The van der Waals surface area contributed by atoms with Crippen LogP contribution in [-0.2, 0) is 0 Å². The van der Waals surface area contributed by atoms with Gasteiger partial charge in [0.1, 0.15) is 12.4 Å². The fourth-order valence-electron chi connectivity index (χ4n) is 1.72. The zero-order valence-corrected chi connectivity index (χ0v) is 10.1. The molecule has 3 aromatic rings. The number of pyridine rings is 1. The molecule has 1 N–H and O–H groups in total. The molecule has 0 radical (unpaired) electrons. The molecule has 94 valence electrons. The van der Waals surface area contributed by atoms with Crippen molar-refractivity contribution >= 4 is 22.9 Å². The fraction of sp³-hybridized carbons (Fsp3) is 0. The summed E-state index contributed by atoms with van der Waals surface area (Å²) in [4.78, 5) is 21.3. The third kappa shape index (κ3) is 1.93. The molecule has 0 bridgehead atoms. The van der Waals surface area contributed by atoms with Gasteiger partial charge in [-0.05, 0) is 11.2 Å². The third-order valence-corrected chi connectivity index (χ3v) is 2.86. The first-order valence-electron chi connectivity index (χ1n) is 5.23. The molecule has 0 unspecified atom stereocenters. The van der Waals surface area contributed by atoms with Gasteiger partial charge in [-0.1, -0.05) is 11.6 Å². The number of halogens is 2. The summed E-state index contributed by atoms with van der Waals surface area (Å²) >= 11 is 5.79. The Bertz CT molecular complexity index is 788. The topological polar surface area (TPSA) is 75.1 Å². The van der Waals surface area contributed by atoms with Crippen molar-refractivity contribution in [2.75, 3.05) is 0 Å². The molecule has 0 atom stereocenters. The molecule has 0 aliphatic carbocycles. The molecule has 0 aliphatic heterocycles. The maximum absolute atomic E-state index is 13.2. The Morgan fingerprint density at radius 2 is 2.26 bits per heavy atom. The number of hydrogen-bond donors (Lipinski definition) is 1. The Hall–Kier alpha value is -2.41. The highest BCUT2D eigenvalue weighted by Gasteiger charge is 2.17. The first kappa shape index (κ1) is 11.7. The van der Waals surface area contributed by atoms with Crippen LogP contribution in [0.4, 0.5) is 10.1 Å². The lowest BCUT2D eigenvalue weighted by atomic mass is 10.4. The molecular formula is C11H6ClFN5O+. The van der Waals surface area contributed by atoms with Gasteiger partial charge in [-0.2, -0.15) is 4.40 Å². The van der Waals surface area contributed by atoms with E-state index < -0.39 is 5.82 Å². The number of rotatable bonds is 2. The van der Waals surface area contributed by atoms with Gasteiger partial charge in [-0.25, -0.2) is 19.3 Å². The van der Waals surface area contributed by atoms with Crippen LogP contribution >= 0.6 is 11.6 Å². The van der Waals surface area contributed by atoms with E-state index in [1.165, 1.54) is 18.5 Å². The van der Waals surface area contributed by atoms with Crippen LogP contribution < -0.4 is 4.40 Å². The molecule has 0 saturated heterocycles. The minimum absolute atomic E-state index is 0.0403. The van der Waals surface area contributed by atoms with Gasteiger partial charge in [0.25, 0.3) is 5.65 Å². The van der Waals surface area contributed by atoms with Crippen molar-refractivity contribution in [3.8, 4) is 11.5 Å². The largest absolute Gasteiger partial charge is 0.284 e. The smallest absolute Gasteiger partial charge is 0.243 e. The normalized spacial score (nSPS) is 10.8. The Labute approximate surface area is 110 Å². The predicted molar refractivity (Wildman–Crippen MR) is 65.4 cm³/mol. The summed E-state index contributed by atoms with van der Waals surface area (Å²) in [5.41, 5.74) is 1.16. The number of fused-ring (bicyclic) bond motifs is 1. The van der Waals surface area contributed by atoms with Gasteiger partial charge >= 0.3 is 0 Å². The Morgan fingerprint density at radius 3 is 3.00 bits per heavy atom. The van der Waals surface area contributed by atoms with Crippen LogP contribution in [0.25, 0.3) is 17.2 Å². The third-order valence-electron chi connectivity index (χ3n) is 2.58. The molecule has 0 amide bonds. The van der Waals surface area contributed by atoms with Gasteiger partial charge in [0.2, 0.25) is 11.5 Å². The number of aromatic amines is 1. The lowest BCUT2D eigenvalue weighted by Crippen LogP contribution is -2.22. The van der Waals surface area contributed by atoms with Crippen molar-refractivity contribution < 1.29 is 8.79 Å². The standard InChI is InChI=1S/C11H5ClFN5O/c12-10-7(17-19)3-15-11(16-10)8-4-14-9-2-1-6(13)5-18(8)9/h1-5H/p+1. The molecule has 8 heteroatoms. The number of nitroso groups, excluding NO2 is 1. The van der Waals surface area contributed by atoms with Crippen LogP contribution in [0.2, 0.25) is 5.15 Å². The quantitative estimate of drug-likeness (QED) is 0.444. The Kier molecular flexibility index (Phi) is 2.68. The summed E-state index contributed by atoms with van der Waals surface area (Å²) in [6.45, 7) is 0. The van der Waals surface area contributed by atoms with E-state index in [9.17, 15) is 9.30 Å². The molecule has 3 heterocycles. The Balaban J connectivity index is 2.21. The number of nitrogens with one attached hydrogen (secondary N) is 1. The summed E-state index contributed by atoms with van der Waals surface area (Å²) in [7, 11) is 0. The second-order valence-corrected chi connectivity index (χ2v) is 4.10. The van der Waals surface area contributed by atoms with Gasteiger partial charge in [-0.3, -0.25) is 0 Å². The van der Waals surface area contributed by atoms with Gasteiger partial charge in [0.15, 0.2) is 16.7 Å². The van der Waals surface area contributed by atoms with Crippen LogP contribution in [0.5, 0.6) is 0 Å². The highest BCUT2D eigenvalue weighted by Crippen LogP contribution is 2.23. The maximum atomic E-state index is 13.2. The lowest BCUT2D eigenvalue weighted by molar-refractivity contribution is -0.500. The highest BCUT2D eigenvalue weighted by atomic mass is 35.5. The second-order valence-electron chi connectivity index (χ2n) is 3.74. The van der Waals surface area contributed by atoms with Crippen molar-refractivity contribution in [3.63, 3.8) is 0 Å². The Morgan fingerprint density at radius 1 is 1.42 bits per heavy atom. The van der Waals surface area contributed by atoms with Gasteiger partial charge < -0.3 is 0 Å². The van der Waals surface area contributed by atoms with Crippen molar-refractivity contribution in [1.29, 1.82) is 0 Å². The minimum atomic E-state index is -0.393. The van der Waals surface area contributed by atoms with Crippen LogP contribution in [0.3, 0.4) is 0 Å². The monoisotopic (exact) mass is 278 g/mol. The molecule has 19 heavy (non-hydrogen) atoms. The zero-order chi connectivity index (χ0) is 13.4. The van der Waals surface area contributed by atoms with Crippen LogP contribution in [-0.4, -0.2) is 15.0 Å². The summed E-state index contributed by atoms with van der Waals surface area (Å²) in [6.07, 6.45) is 4.13. The van der Waals surface area contributed by atoms with E-state index in [0.29, 0.717) is 11.3 Å². The molecule has 0 fully saturated rings. The first-order chi connectivity index (χ1) is 9.19. The van der Waals surface area contributed by atoms with E-state index in [0.717, 1.165) is 0 Å². The molecule has 0 aliphatic rings. The summed E-state index contributed by atoms with van der Waals surface area (Å²) < 4.78 is 14.8. The minimum Gasteiger partial charge on any atom is -0.243 e. The second kappa shape index (κ2) is 4.36. The SMILES string of the molecule is O=Nc1cnc(-c2c[nH]c3ccc(F)c[n+]23)nc1Cl. The van der Waals surface area contributed by atoms with Crippen LogP contribution in [0.15, 0.2) is 35.9 Å².